The molecule has 0 radical (unpaired) electrons. The molecule has 0 spiro atoms. The molecule has 0 saturated carbocycles. The second kappa shape index (κ2) is 15.0. The van der Waals surface area contributed by atoms with Crippen molar-refractivity contribution in [2.24, 2.45) is 14.1 Å². The maximum atomic E-state index is 12.7. The van der Waals surface area contributed by atoms with Crippen molar-refractivity contribution in [2.45, 2.75) is 12.9 Å². The van der Waals surface area contributed by atoms with Crippen LogP contribution in [0.4, 0.5) is 17.6 Å². The smallest absolute Gasteiger partial charge is 0.282 e. The number of alkyl halides is 4. The topological polar surface area (TPSA) is 93.8 Å². The molecule has 2 N–H and O–H groups in total. The van der Waals surface area contributed by atoms with E-state index in [1.165, 1.54) is 48.3 Å². The van der Waals surface area contributed by atoms with E-state index in [-0.39, 0.29) is 11.1 Å². The van der Waals surface area contributed by atoms with E-state index < -0.39 is 36.1 Å². The van der Waals surface area contributed by atoms with E-state index >= 15 is 0 Å². The number of aromatic nitrogens is 4. The Kier molecular flexibility index (Phi) is 11.5. The minimum atomic E-state index is -2.80. The van der Waals surface area contributed by atoms with Gasteiger partial charge in [0, 0.05) is 48.9 Å². The quantitative estimate of drug-likeness (QED) is 0.211. The number of nitrogens with zero attached hydrogens (tertiary/aromatic N) is 4. The Morgan fingerprint density at radius 2 is 1.02 bits per heavy atom. The molecule has 2 amide bonds. The fourth-order valence-electron chi connectivity index (χ4n) is 3.41. The molecule has 0 aliphatic heterocycles. The molecule has 42 heavy (non-hydrogen) atoms. The van der Waals surface area contributed by atoms with Gasteiger partial charge in [-0.2, -0.15) is 10.2 Å². The molecule has 14 heteroatoms. The number of rotatable bonds is 8. The Balaban J connectivity index is 0.000000230. The van der Waals surface area contributed by atoms with Crippen LogP contribution >= 0.6 is 23.2 Å². The summed E-state index contributed by atoms with van der Waals surface area (Å²) in [6.07, 6.45) is 2.94. The van der Waals surface area contributed by atoms with E-state index in [4.69, 9.17) is 23.2 Å². The van der Waals surface area contributed by atoms with Gasteiger partial charge in [0.2, 0.25) is 0 Å². The van der Waals surface area contributed by atoms with Crippen LogP contribution in [0, 0.1) is 0 Å². The van der Waals surface area contributed by atoms with E-state index in [0.29, 0.717) is 10.0 Å². The molecule has 220 valence electrons. The molecule has 0 aliphatic rings. The van der Waals surface area contributed by atoms with Gasteiger partial charge in [-0.15, -0.1) is 0 Å². The first-order valence-corrected chi connectivity index (χ1v) is 12.8. The number of aryl methyl sites for hydroxylation is 2. The van der Waals surface area contributed by atoms with Gasteiger partial charge in [-0.05, 0) is 47.5 Å². The highest BCUT2D eigenvalue weighted by molar-refractivity contribution is 6.30. The maximum absolute atomic E-state index is 12.7. The molecule has 2 aromatic heterocycles. The molecule has 0 unspecified atom stereocenters. The van der Waals surface area contributed by atoms with Crippen molar-refractivity contribution in [2.75, 3.05) is 0 Å². The SMILES string of the molecule is Cn1cc(C(=O)N/C=C/c2ccc(Cl)cc2)c(C(F)F)n1.Cn1cc(C(=O)N/C=C\c2ccc(Cl)cc2)c(C(F)F)n1. The van der Waals surface area contributed by atoms with Crippen molar-refractivity contribution in [3.63, 3.8) is 0 Å². The third-order valence-electron chi connectivity index (χ3n) is 5.34. The third kappa shape index (κ3) is 9.32. The molecule has 0 aliphatic carbocycles. The lowest BCUT2D eigenvalue weighted by molar-refractivity contribution is 0.0949. The van der Waals surface area contributed by atoms with E-state index in [0.717, 1.165) is 11.1 Å². The Morgan fingerprint density at radius 1 is 0.690 bits per heavy atom. The minimum absolute atomic E-state index is 0.145. The summed E-state index contributed by atoms with van der Waals surface area (Å²) in [5, 5.41) is 13.2. The van der Waals surface area contributed by atoms with Crippen LogP contribution in [0.15, 0.2) is 73.3 Å². The number of carbonyl (C=O) groups excluding carboxylic acids is 2. The minimum Gasteiger partial charge on any atom is -0.328 e. The van der Waals surface area contributed by atoms with Gasteiger partial charge in [0.15, 0.2) is 0 Å². The van der Waals surface area contributed by atoms with Crippen LogP contribution in [0.3, 0.4) is 0 Å². The second-order valence-corrected chi connectivity index (χ2v) is 9.39. The van der Waals surface area contributed by atoms with Crippen molar-refractivity contribution < 1.29 is 27.2 Å². The molecule has 4 aromatic rings. The summed E-state index contributed by atoms with van der Waals surface area (Å²) >= 11 is 11.5. The van der Waals surface area contributed by atoms with Crippen LogP contribution in [0.1, 0.15) is 56.1 Å². The zero-order chi connectivity index (χ0) is 30.8. The van der Waals surface area contributed by atoms with Gasteiger partial charge >= 0.3 is 0 Å². The Hall–Kier alpha value is -4.42. The van der Waals surface area contributed by atoms with Crippen molar-refractivity contribution in [3.05, 3.63) is 117 Å². The number of nitrogens with one attached hydrogen (secondary N) is 2. The highest BCUT2D eigenvalue weighted by Gasteiger charge is 2.23. The van der Waals surface area contributed by atoms with Gasteiger partial charge in [-0.3, -0.25) is 19.0 Å². The zero-order valence-electron chi connectivity index (χ0n) is 22.1. The number of amides is 2. The Bertz CT molecular complexity index is 1450. The van der Waals surface area contributed by atoms with Crippen LogP contribution in [0.5, 0.6) is 0 Å². The Morgan fingerprint density at radius 3 is 1.33 bits per heavy atom. The van der Waals surface area contributed by atoms with Gasteiger partial charge in [-0.1, -0.05) is 47.5 Å². The van der Waals surface area contributed by atoms with Crippen LogP contribution in [-0.4, -0.2) is 31.4 Å². The summed E-state index contributed by atoms with van der Waals surface area (Å²) < 4.78 is 53.3. The molecular weight excluding hydrogens is 599 g/mol. The average molecular weight is 623 g/mol. The molecule has 0 bridgehead atoms. The van der Waals surface area contributed by atoms with E-state index in [9.17, 15) is 27.2 Å². The molecule has 2 aromatic carbocycles. The Labute approximate surface area is 248 Å². The first-order valence-electron chi connectivity index (χ1n) is 12.0. The van der Waals surface area contributed by atoms with Crippen LogP contribution in [0.2, 0.25) is 10.0 Å². The summed E-state index contributed by atoms with van der Waals surface area (Å²) in [4.78, 5) is 23.7. The van der Waals surface area contributed by atoms with Crippen LogP contribution in [0.25, 0.3) is 12.2 Å². The standard InChI is InChI=1S/2C14H12ClF2N3O/c2*1-20-8-11(12(19-20)13(16)17)14(21)18-7-6-9-2-4-10(15)5-3-9/h2*2-8,13H,1H3,(H,18,21)/b7-6+;7-6-. The highest BCUT2D eigenvalue weighted by atomic mass is 35.5. The fourth-order valence-corrected chi connectivity index (χ4v) is 3.67. The summed E-state index contributed by atoms with van der Waals surface area (Å²) in [5.74, 6) is -1.27. The summed E-state index contributed by atoms with van der Waals surface area (Å²) in [7, 11) is 2.96. The lowest BCUT2D eigenvalue weighted by Gasteiger charge is -2.00. The fraction of sp³-hybridized carbons (Fsp3) is 0.143. The molecule has 0 fully saturated rings. The maximum Gasteiger partial charge on any atom is 0.282 e. The lowest BCUT2D eigenvalue weighted by Crippen LogP contribution is -2.18. The first kappa shape index (κ1) is 32.1. The van der Waals surface area contributed by atoms with Crippen molar-refractivity contribution in [1.29, 1.82) is 0 Å². The van der Waals surface area contributed by atoms with Gasteiger partial charge in [0.05, 0.1) is 11.1 Å². The van der Waals surface area contributed by atoms with Gasteiger partial charge < -0.3 is 10.6 Å². The summed E-state index contributed by atoms with van der Waals surface area (Å²) in [6, 6.07) is 13.9. The number of carbonyl (C=O) groups is 2. The molecule has 2 heterocycles. The number of benzene rings is 2. The van der Waals surface area contributed by atoms with Crippen molar-refractivity contribution in [3.8, 4) is 0 Å². The number of halogens is 6. The van der Waals surface area contributed by atoms with Gasteiger partial charge in [-0.25, -0.2) is 17.6 Å². The molecule has 4 rings (SSSR count). The lowest BCUT2D eigenvalue weighted by atomic mass is 10.2. The number of hydrogen-bond donors (Lipinski definition) is 2. The van der Waals surface area contributed by atoms with Gasteiger partial charge in [0.25, 0.3) is 24.7 Å². The zero-order valence-corrected chi connectivity index (χ0v) is 23.6. The van der Waals surface area contributed by atoms with Crippen molar-refractivity contribution >= 4 is 47.2 Å². The summed E-state index contributed by atoms with van der Waals surface area (Å²) in [5.41, 5.74) is 0.284. The second-order valence-electron chi connectivity index (χ2n) is 8.52. The van der Waals surface area contributed by atoms with E-state index in [2.05, 4.69) is 20.8 Å². The monoisotopic (exact) mass is 622 g/mol. The molecule has 8 nitrogen and oxygen atoms in total. The predicted octanol–water partition coefficient (Wildman–Crippen LogP) is 6.82. The van der Waals surface area contributed by atoms with Crippen molar-refractivity contribution in [1.82, 2.24) is 30.2 Å². The molecule has 0 atom stereocenters. The van der Waals surface area contributed by atoms with E-state index in [1.54, 1.807) is 60.7 Å². The predicted molar refractivity (Wildman–Crippen MR) is 152 cm³/mol. The molecular formula is C28H24Cl2F4N6O2. The highest BCUT2D eigenvalue weighted by Crippen LogP contribution is 2.22. The normalized spacial score (nSPS) is 11.3. The third-order valence-corrected chi connectivity index (χ3v) is 5.84. The van der Waals surface area contributed by atoms with Gasteiger partial charge in [0.1, 0.15) is 11.4 Å². The first-order chi connectivity index (χ1) is 19.9. The molecule has 0 saturated heterocycles. The van der Waals surface area contributed by atoms with Crippen LogP contribution in [-0.2, 0) is 14.1 Å². The summed E-state index contributed by atoms with van der Waals surface area (Å²) in [6.45, 7) is 0. The number of hydrogen-bond acceptors (Lipinski definition) is 4. The van der Waals surface area contributed by atoms with E-state index in [1.807, 2.05) is 0 Å². The largest absolute Gasteiger partial charge is 0.328 e. The van der Waals surface area contributed by atoms with Crippen LogP contribution < -0.4 is 10.6 Å². The average Bonchev–Trinajstić information content (AvgIpc) is 3.54.